The maximum absolute atomic E-state index is 6.46. The van der Waals surface area contributed by atoms with Crippen molar-refractivity contribution in [1.29, 1.82) is 0 Å². The Kier molecular flexibility index (Phi) is 7.45. The van der Waals surface area contributed by atoms with Crippen LogP contribution in [0.2, 0.25) is 0 Å². The zero-order chi connectivity index (χ0) is 18.5. The van der Waals surface area contributed by atoms with Gasteiger partial charge in [0.2, 0.25) is 0 Å². The van der Waals surface area contributed by atoms with E-state index in [0.29, 0.717) is 18.3 Å². The third kappa shape index (κ3) is 5.66. The summed E-state index contributed by atoms with van der Waals surface area (Å²) in [5.74, 6) is 0.919. The van der Waals surface area contributed by atoms with Gasteiger partial charge < -0.3 is 19.7 Å². The molecule has 3 heterocycles. The Morgan fingerprint density at radius 1 is 0.815 bits per heavy atom. The van der Waals surface area contributed by atoms with Crippen molar-refractivity contribution in [2.75, 3.05) is 52.4 Å². The highest BCUT2D eigenvalue weighted by Gasteiger charge is 2.37. The van der Waals surface area contributed by atoms with Crippen LogP contribution in [-0.2, 0) is 9.47 Å². The largest absolute Gasteiger partial charge is 0.378 e. The van der Waals surface area contributed by atoms with Crippen LogP contribution in [0, 0.1) is 5.92 Å². The van der Waals surface area contributed by atoms with Crippen LogP contribution in [0.25, 0.3) is 0 Å². The van der Waals surface area contributed by atoms with Gasteiger partial charge in [-0.15, -0.1) is 0 Å². The van der Waals surface area contributed by atoms with E-state index in [2.05, 4.69) is 22.0 Å². The van der Waals surface area contributed by atoms with Crippen molar-refractivity contribution >= 4 is 0 Å². The predicted molar refractivity (Wildman–Crippen MR) is 109 cm³/mol. The lowest BCUT2D eigenvalue weighted by molar-refractivity contribution is -0.111. The van der Waals surface area contributed by atoms with Gasteiger partial charge in [-0.3, -0.25) is 4.90 Å². The lowest BCUT2D eigenvalue weighted by Crippen LogP contribution is -2.52. The maximum atomic E-state index is 6.46. The summed E-state index contributed by atoms with van der Waals surface area (Å²) in [6.45, 7) is 11.7. The predicted octanol–water partition coefficient (Wildman–Crippen LogP) is 2.50. The van der Waals surface area contributed by atoms with Crippen molar-refractivity contribution in [2.24, 2.45) is 5.92 Å². The Bertz CT molecular complexity index is 421. The SMILES string of the molecule is CCOC1CCN(C2CC(OC3CCN(CC4CCNCC4)CC3)C2)CC1. The highest BCUT2D eigenvalue weighted by molar-refractivity contribution is 4.91. The zero-order valence-electron chi connectivity index (χ0n) is 17.4. The first-order valence-corrected chi connectivity index (χ1v) is 11.7. The molecule has 0 spiro atoms. The minimum atomic E-state index is 0.508. The molecule has 1 aliphatic carbocycles. The van der Waals surface area contributed by atoms with Crippen LogP contribution in [0.1, 0.15) is 58.3 Å². The first-order chi connectivity index (χ1) is 13.3. The van der Waals surface area contributed by atoms with E-state index in [1.807, 2.05) is 0 Å². The van der Waals surface area contributed by atoms with Gasteiger partial charge in [0.05, 0.1) is 18.3 Å². The Hall–Kier alpha value is -0.200. The topological polar surface area (TPSA) is 37.0 Å². The van der Waals surface area contributed by atoms with Crippen molar-refractivity contribution < 1.29 is 9.47 Å². The fourth-order valence-electron chi connectivity index (χ4n) is 5.52. The average molecular weight is 380 g/mol. The molecule has 3 saturated heterocycles. The highest BCUT2D eigenvalue weighted by atomic mass is 16.5. The number of rotatable bonds is 7. The summed E-state index contributed by atoms with van der Waals surface area (Å²) in [5.41, 5.74) is 0. The molecule has 4 fully saturated rings. The fourth-order valence-corrected chi connectivity index (χ4v) is 5.52. The van der Waals surface area contributed by atoms with Crippen molar-refractivity contribution in [1.82, 2.24) is 15.1 Å². The van der Waals surface area contributed by atoms with Crippen molar-refractivity contribution in [3.05, 3.63) is 0 Å². The lowest BCUT2D eigenvalue weighted by atomic mass is 9.86. The first-order valence-electron chi connectivity index (χ1n) is 11.7. The molecule has 5 heteroatoms. The minimum Gasteiger partial charge on any atom is -0.378 e. The smallest absolute Gasteiger partial charge is 0.0608 e. The molecule has 0 atom stereocenters. The van der Waals surface area contributed by atoms with Crippen molar-refractivity contribution in [3.8, 4) is 0 Å². The highest BCUT2D eigenvalue weighted by Crippen LogP contribution is 2.33. The van der Waals surface area contributed by atoms with Gasteiger partial charge in [0.1, 0.15) is 0 Å². The summed E-state index contributed by atoms with van der Waals surface area (Å²) in [6.07, 6.45) is 11.7. The Balaban J connectivity index is 1.08. The molecule has 0 aromatic rings. The second-order valence-electron chi connectivity index (χ2n) is 9.27. The van der Waals surface area contributed by atoms with E-state index in [1.165, 1.54) is 97.2 Å². The molecule has 4 aliphatic rings. The van der Waals surface area contributed by atoms with E-state index in [9.17, 15) is 0 Å². The van der Waals surface area contributed by atoms with Gasteiger partial charge in [-0.05, 0) is 77.3 Å². The first kappa shape index (κ1) is 20.1. The van der Waals surface area contributed by atoms with E-state index in [-0.39, 0.29) is 0 Å². The van der Waals surface area contributed by atoms with Gasteiger partial charge in [0.15, 0.2) is 0 Å². The number of hydrogen-bond donors (Lipinski definition) is 1. The minimum absolute atomic E-state index is 0.508. The van der Waals surface area contributed by atoms with E-state index < -0.39 is 0 Å². The van der Waals surface area contributed by atoms with Crippen LogP contribution in [0.3, 0.4) is 0 Å². The average Bonchev–Trinajstić information content (AvgIpc) is 2.68. The molecule has 4 rings (SSSR count). The standard InChI is InChI=1S/C22H41N3O2/c1-2-26-20-7-13-25(14-8-20)19-15-22(16-19)27-21-5-11-24(12-6-21)17-18-3-9-23-10-4-18/h18-23H,2-17H2,1H3. The summed E-state index contributed by atoms with van der Waals surface area (Å²) >= 11 is 0. The van der Waals surface area contributed by atoms with Crippen LogP contribution in [0.5, 0.6) is 0 Å². The van der Waals surface area contributed by atoms with Crippen LogP contribution < -0.4 is 5.32 Å². The number of nitrogens with one attached hydrogen (secondary N) is 1. The molecule has 1 N–H and O–H groups in total. The molecule has 0 amide bonds. The van der Waals surface area contributed by atoms with Crippen molar-refractivity contribution in [2.45, 2.75) is 82.6 Å². The van der Waals surface area contributed by atoms with Crippen LogP contribution in [0.15, 0.2) is 0 Å². The Labute approximate surface area is 166 Å². The number of ether oxygens (including phenoxy) is 2. The van der Waals surface area contributed by atoms with Gasteiger partial charge in [-0.2, -0.15) is 0 Å². The van der Waals surface area contributed by atoms with Crippen LogP contribution in [0.4, 0.5) is 0 Å². The Morgan fingerprint density at radius 3 is 2.15 bits per heavy atom. The molecule has 0 aromatic carbocycles. The van der Waals surface area contributed by atoms with Gasteiger partial charge in [0, 0.05) is 45.4 Å². The summed E-state index contributed by atoms with van der Waals surface area (Å²) < 4.78 is 12.2. The Morgan fingerprint density at radius 2 is 1.48 bits per heavy atom. The second kappa shape index (κ2) is 10.0. The van der Waals surface area contributed by atoms with E-state index >= 15 is 0 Å². The van der Waals surface area contributed by atoms with E-state index in [1.54, 1.807) is 0 Å². The number of piperidine rings is 3. The summed E-state index contributed by atoms with van der Waals surface area (Å²) in [6, 6.07) is 0.776. The van der Waals surface area contributed by atoms with Crippen LogP contribution in [-0.4, -0.2) is 86.6 Å². The molecule has 27 heavy (non-hydrogen) atoms. The van der Waals surface area contributed by atoms with E-state index in [4.69, 9.17) is 9.47 Å². The lowest BCUT2D eigenvalue weighted by Gasteiger charge is -2.47. The molecule has 0 radical (unpaired) electrons. The molecule has 156 valence electrons. The molecule has 0 bridgehead atoms. The normalized spacial score (nSPS) is 33.2. The molecule has 0 aromatic heterocycles. The quantitative estimate of drug-likeness (QED) is 0.736. The van der Waals surface area contributed by atoms with Crippen LogP contribution >= 0.6 is 0 Å². The second-order valence-corrected chi connectivity index (χ2v) is 9.27. The summed E-state index contributed by atoms with van der Waals surface area (Å²) in [5, 5.41) is 3.48. The molecular weight excluding hydrogens is 338 g/mol. The molecule has 1 saturated carbocycles. The molecule has 3 aliphatic heterocycles. The molecular formula is C22H41N3O2. The number of nitrogens with zero attached hydrogens (tertiary/aromatic N) is 2. The third-order valence-electron chi connectivity index (χ3n) is 7.36. The molecule has 5 nitrogen and oxygen atoms in total. The maximum Gasteiger partial charge on any atom is 0.0608 e. The number of hydrogen-bond acceptors (Lipinski definition) is 5. The summed E-state index contributed by atoms with van der Waals surface area (Å²) in [4.78, 5) is 5.39. The monoisotopic (exact) mass is 379 g/mol. The third-order valence-corrected chi connectivity index (χ3v) is 7.36. The van der Waals surface area contributed by atoms with Gasteiger partial charge in [0.25, 0.3) is 0 Å². The van der Waals surface area contributed by atoms with Gasteiger partial charge in [-0.25, -0.2) is 0 Å². The molecule has 0 unspecified atom stereocenters. The number of likely N-dealkylation sites (tertiary alicyclic amines) is 2. The van der Waals surface area contributed by atoms with Crippen molar-refractivity contribution in [3.63, 3.8) is 0 Å². The van der Waals surface area contributed by atoms with Gasteiger partial charge in [-0.1, -0.05) is 0 Å². The fraction of sp³-hybridized carbons (Fsp3) is 1.00. The van der Waals surface area contributed by atoms with Gasteiger partial charge >= 0.3 is 0 Å². The summed E-state index contributed by atoms with van der Waals surface area (Å²) in [7, 11) is 0. The van der Waals surface area contributed by atoms with E-state index in [0.717, 1.165) is 18.6 Å². The zero-order valence-corrected chi connectivity index (χ0v) is 17.4.